The van der Waals surface area contributed by atoms with Crippen LogP contribution in [0.1, 0.15) is 5.56 Å². The van der Waals surface area contributed by atoms with E-state index in [1.807, 2.05) is 0 Å². The van der Waals surface area contributed by atoms with Crippen molar-refractivity contribution < 1.29 is 9.66 Å². The van der Waals surface area contributed by atoms with E-state index in [0.29, 0.717) is 11.3 Å². The number of ether oxygens (including phenoxy) is 1. The fraction of sp³-hybridized carbons (Fsp3) is 0. The second kappa shape index (κ2) is 5.54. The average molecular weight is 293 g/mol. The minimum atomic E-state index is -0.509. The lowest BCUT2D eigenvalue weighted by molar-refractivity contribution is -0.384. The van der Waals surface area contributed by atoms with Crippen LogP contribution in [0.2, 0.25) is 5.02 Å². The van der Waals surface area contributed by atoms with E-state index < -0.39 is 4.92 Å². The van der Waals surface area contributed by atoms with E-state index in [0.717, 1.165) is 0 Å². The van der Waals surface area contributed by atoms with E-state index in [2.05, 4.69) is 4.98 Å². The van der Waals surface area contributed by atoms with Crippen molar-refractivity contribution in [1.82, 2.24) is 4.98 Å². The van der Waals surface area contributed by atoms with Crippen molar-refractivity contribution in [2.75, 3.05) is 0 Å². The van der Waals surface area contributed by atoms with Gasteiger partial charge in [0.2, 0.25) is 5.88 Å². The standard InChI is InChI=1S/C12H9ClN4O3/c13-10-9(11(14)15)5-6-16-12(10)20-8-3-1-7(2-4-8)17(18)19/h1-6H,(H3,14,15). The van der Waals surface area contributed by atoms with E-state index in [9.17, 15) is 10.1 Å². The Labute approximate surface area is 118 Å². The largest absolute Gasteiger partial charge is 0.438 e. The number of rotatable bonds is 4. The van der Waals surface area contributed by atoms with Gasteiger partial charge in [-0.3, -0.25) is 15.5 Å². The maximum Gasteiger partial charge on any atom is 0.269 e. The third kappa shape index (κ3) is 2.83. The van der Waals surface area contributed by atoms with Crippen LogP contribution in [0, 0.1) is 15.5 Å². The van der Waals surface area contributed by atoms with Gasteiger partial charge in [0.05, 0.1) is 4.92 Å². The molecule has 2 rings (SSSR count). The van der Waals surface area contributed by atoms with Crippen molar-refractivity contribution >= 4 is 23.1 Å². The maximum absolute atomic E-state index is 10.5. The third-order valence-corrected chi connectivity index (χ3v) is 2.77. The van der Waals surface area contributed by atoms with Crippen LogP contribution in [0.5, 0.6) is 11.6 Å². The van der Waals surface area contributed by atoms with E-state index in [4.69, 9.17) is 27.5 Å². The van der Waals surface area contributed by atoms with Gasteiger partial charge in [0.25, 0.3) is 5.69 Å². The normalized spacial score (nSPS) is 10.1. The number of hydrogen-bond acceptors (Lipinski definition) is 5. The van der Waals surface area contributed by atoms with E-state index >= 15 is 0 Å². The first-order valence-corrected chi connectivity index (χ1v) is 5.78. The van der Waals surface area contributed by atoms with Crippen LogP contribution in [0.15, 0.2) is 36.5 Å². The predicted octanol–water partition coefficient (Wildman–Crippen LogP) is 2.72. The van der Waals surface area contributed by atoms with Crippen LogP contribution >= 0.6 is 11.6 Å². The number of non-ortho nitro benzene ring substituents is 1. The molecule has 0 spiro atoms. The SMILES string of the molecule is N=C(N)c1ccnc(Oc2ccc([N+](=O)[O-])cc2)c1Cl. The van der Waals surface area contributed by atoms with Crippen LogP contribution in [0.3, 0.4) is 0 Å². The lowest BCUT2D eigenvalue weighted by atomic mass is 10.2. The Morgan fingerprint density at radius 1 is 1.35 bits per heavy atom. The summed E-state index contributed by atoms with van der Waals surface area (Å²) in [6.45, 7) is 0. The van der Waals surface area contributed by atoms with Gasteiger partial charge >= 0.3 is 0 Å². The molecular weight excluding hydrogens is 284 g/mol. The molecule has 0 radical (unpaired) electrons. The number of nitrogens with zero attached hydrogens (tertiary/aromatic N) is 2. The number of nitrogen functional groups attached to an aromatic ring is 1. The van der Waals surface area contributed by atoms with Crippen molar-refractivity contribution in [3.8, 4) is 11.6 Å². The molecule has 1 aromatic carbocycles. The zero-order valence-corrected chi connectivity index (χ0v) is 10.8. The monoisotopic (exact) mass is 292 g/mol. The van der Waals surface area contributed by atoms with Crippen molar-refractivity contribution in [2.24, 2.45) is 5.73 Å². The Bertz CT molecular complexity index is 673. The fourth-order valence-electron chi connectivity index (χ4n) is 1.45. The molecule has 0 aliphatic heterocycles. The summed E-state index contributed by atoms with van der Waals surface area (Å²) in [6.07, 6.45) is 1.41. The molecule has 1 heterocycles. The van der Waals surface area contributed by atoms with Gasteiger partial charge in [-0.25, -0.2) is 4.98 Å². The maximum atomic E-state index is 10.5. The Kier molecular flexibility index (Phi) is 3.81. The molecule has 0 atom stereocenters. The number of nitrogens with two attached hydrogens (primary N) is 1. The molecule has 0 aliphatic carbocycles. The number of nitro groups is 1. The molecule has 2 aromatic rings. The fourth-order valence-corrected chi connectivity index (χ4v) is 1.70. The van der Waals surface area contributed by atoms with E-state index in [1.165, 1.54) is 36.5 Å². The van der Waals surface area contributed by atoms with Crippen LogP contribution in [-0.2, 0) is 0 Å². The van der Waals surface area contributed by atoms with Gasteiger partial charge in [-0.1, -0.05) is 11.6 Å². The summed E-state index contributed by atoms with van der Waals surface area (Å²) in [5, 5.41) is 18.0. The smallest absolute Gasteiger partial charge is 0.269 e. The molecule has 3 N–H and O–H groups in total. The number of hydrogen-bond donors (Lipinski definition) is 2. The summed E-state index contributed by atoms with van der Waals surface area (Å²) >= 11 is 6.02. The van der Waals surface area contributed by atoms with Crippen LogP contribution in [0.25, 0.3) is 0 Å². The van der Waals surface area contributed by atoms with Gasteiger partial charge in [-0.05, 0) is 18.2 Å². The highest BCUT2D eigenvalue weighted by molar-refractivity contribution is 6.35. The highest BCUT2D eigenvalue weighted by Crippen LogP contribution is 2.30. The average Bonchev–Trinajstić information content (AvgIpc) is 2.41. The molecule has 0 aliphatic rings. The zero-order chi connectivity index (χ0) is 14.7. The van der Waals surface area contributed by atoms with Gasteiger partial charge in [0.15, 0.2) is 0 Å². The lowest BCUT2D eigenvalue weighted by Crippen LogP contribution is -2.12. The summed E-state index contributed by atoms with van der Waals surface area (Å²) in [4.78, 5) is 14.0. The van der Waals surface area contributed by atoms with E-state index in [-0.39, 0.29) is 22.4 Å². The molecule has 7 nitrogen and oxygen atoms in total. The highest BCUT2D eigenvalue weighted by atomic mass is 35.5. The molecule has 0 amide bonds. The molecule has 8 heteroatoms. The number of amidine groups is 1. The first-order valence-electron chi connectivity index (χ1n) is 5.40. The lowest BCUT2D eigenvalue weighted by Gasteiger charge is -2.08. The third-order valence-electron chi connectivity index (χ3n) is 2.41. The molecule has 0 bridgehead atoms. The van der Waals surface area contributed by atoms with Gasteiger partial charge in [-0.15, -0.1) is 0 Å². The summed E-state index contributed by atoms with van der Waals surface area (Å²) < 4.78 is 5.42. The minimum absolute atomic E-state index is 0.0473. The Morgan fingerprint density at radius 2 is 2.00 bits per heavy atom. The van der Waals surface area contributed by atoms with Gasteiger partial charge in [0, 0.05) is 23.9 Å². The highest BCUT2D eigenvalue weighted by Gasteiger charge is 2.12. The molecule has 0 saturated carbocycles. The quantitative estimate of drug-likeness (QED) is 0.389. The number of nitro benzene ring substituents is 1. The van der Waals surface area contributed by atoms with Crippen LogP contribution in [0.4, 0.5) is 5.69 Å². The second-order valence-corrected chi connectivity index (χ2v) is 4.12. The summed E-state index contributed by atoms with van der Waals surface area (Å²) in [6, 6.07) is 6.96. The molecule has 20 heavy (non-hydrogen) atoms. The summed E-state index contributed by atoms with van der Waals surface area (Å²) in [7, 11) is 0. The van der Waals surface area contributed by atoms with Crippen molar-refractivity contribution in [3.05, 3.63) is 57.2 Å². The topological polar surface area (TPSA) is 115 Å². The first kappa shape index (κ1) is 13.8. The Hall–Kier alpha value is -2.67. The number of halogens is 1. The van der Waals surface area contributed by atoms with Crippen molar-refractivity contribution in [2.45, 2.75) is 0 Å². The number of benzene rings is 1. The molecular formula is C12H9ClN4O3. The van der Waals surface area contributed by atoms with Crippen LogP contribution in [-0.4, -0.2) is 15.7 Å². The summed E-state index contributed by atoms with van der Waals surface area (Å²) in [5.74, 6) is 0.213. The number of aromatic nitrogens is 1. The summed E-state index contributed by atoms with van der Waals surface area (Å²) in [5.41, 5.74) is 5.63. The van der Waals surface area contributed by atoms with Crippen molar-refractivity contribution in [1.29, 1.82) is 5.41 Å². The zero-order valence-electron chi connectivity index (χ0n) is 10.0. The van der Waals surface area contributed by atoms with Gasteiger partial charge in [0.1, 0.15) is 16.6 Å². The molecule has 0 fully saturated rings. The van der Waals surface area contributed by atoms with Gasteiger partial charge in [-0.2, -0.15) is 0 Å². The Morgan fingerprint density at radius 3 is 2.55 bits per heavy atom. The minimum Gasteiger partial charge on any atom is -0.438 e. The van der Waals surface area contributed by atoms with Gasteiger partial charge < -0.3 is 10.5 Å². The molecule has 0 saturated heterocycles. The molecule has 102 valence electrons. The van der Waals surface area contributed by atoms with Crippen LogP contribution < -0.4 is 10.5 Å². The van der Waals surface area contributed by atoms with E-state index in [1.54, 1.807) is 0 Å². The predicted molar refractivity (Wildman–Crippen MR) is 73.4 cm³/mol. The molecule has 0 unspecified atom stereocenters. The number of nitrogens with one attached hydrogen (secondary N) is 1. The first-order chi connectivity index (χ1) is 9.49. The molecule has 1 aromatic heterocycles. The van der Waals surface area contributed by atoms with Crippen molar-refractivity contribution in [3.63, 3.8) is 0 Å². The second-order valence-electron chi connectivity index (χ2n) is 3.74. The number of pyridine rings is 1. The Balaban J connectivity index is 2.28.